The monoisotopic (exact) mass is 429 g/mol. The summed E-state index contributed by atoms with van der Waals surface area (Å²) in [5.74, 6) is 0.00183. The molecule has 0 aliphatic carbocycles. The molecule has 0 fully saturated rings. The zero-order valence-electron chi connectivity index (χ0n) is 10.4. The van der Waals surface area contributed by atoms with Crippen LogP contribution in [-0.2, 0) is 11.2 Å². The lowest BCUT2D eigenvalue weighted by atomic mass is 10.1. The van der Waals surface area contributed by atoms with Crippen molar-refractivity contribution in [2.75, 3.05) is 5.32 Å². The Labute approximate surface area is 134 Å². The van der Waals surface area contributed by atoms with Gasteiger partial charge in [0, 0.05) is 13.7 Å². The van der Waals surface area contributed by atoms with Crippen molar-refractivity contribution in [2.45, 2.75) is 13.3 Å². The fourth-order valence-electron chi connectivity index (χ4n) is 1.66. The van der Waals surface area contributed by atoms with E-state index < -0.39 is 0 Å². The Morgan fingerprint density at radius 3 is 2.53 bits per heavy atom. The van der Waals surface area contributed by atoms with Crippen LogP contribution < -0.4 is 5.32 Å². The maximum Gasteiger partial charge on any atom is 0.228 e. The first-order valence-corrected chi connectivity index (χ1v) is 7.72. The summed E-state index contributed by atoms with van der Waals surface area (Å²) in [4.78, 5) is 11.9. The molecule has 2 aromatic carbocycles. The van der Waals surface area contributed by atoms with E-state index in [4.69, 9.17) is 0 Å². The largest absolute Gasteiger partial charge is 0.326 e. The van der Waals surface area contributed by atoms with E-state index in [0.29, 0.717) is 6.42 Å². The van der Waals surface area contributed by atoms with Crippen molar-refractivity contribution in [2.24, 2.45) is 0 Å². The summed E-state index contributed by atoms with van der Waals surface area (Å²) in [6, 6.07) is 13.7. The second kappa shape index (κ2) is 6.52. The standard InChI is InChI=1S/C15H13BrINO/c1-10-2-7-13(9-14(10)17)18-15(19)8-11-3-5-12(16)6-4-11/h2-7,9H,8H2,1H3,(H,18,19). The predicted molar refractivity (Wildman–Crippen MR) is 90.4 cm³/mol. The second-order valence-electron chi connectivity index (χ2n) is 4.32. The summed E-state index contributed by atoms with van der Waals surface area (Å²) < 4.78 is 2.17. The maximum atomic E-state index is 11.9. The highest BCUT2D eigenvalue weighted by molar-refractivity contribution is 14.1. The predicted octanol–water partition coefficient (Wildman–Crippen LogP) is 4.54. The van der Waals surface area contributed by atoms with Crippen molar-refractivity contribution in [3.05, 3.63) is 61.6 Å². The first-order chi connectivity index (χ1) is 9.04. The van der Waals surface area contributed by atoms with Crippen LogP contribution in [0.25, 0.3) is 0 Å². The van der Waals surface area contributed by atoms with E-state index in [-0.39, 0.29) is 5.91 Å². The van der Waals surface area contributed by atoms with Gasteiger partial charge in [-0.05, 0) is 64.9 Å². The molecule has 2 aromatic rings. The average Bonchev–Trinajstić information content (AvgIpc) is 2.37. The Morgan fingerprint density at radius 2 is 1.89 bits per heavy atom. The Hall–Kier alpha value is -0.880. The van der Waals surface area contributed by atoms with Gasteiger partial charge in [-0.25, -0.2) is 0 Å². The van der Waals surface area contributed by atoms with Gasteiger partial charge in [-0.15, -0.1) is 0 Å². The molecule has 98 valence electrons. The van der Waals surface area contributed by atoms with Crippen LogP contribution in [0.1, 0.15) is 11.1 Å². The highest BCUT2D eigenvalue weighted by Crippen LogP contribution is 2.17. The lowest BCUT2D eigenvalue weighted by molar-refractivity contribution is -0.115. The molecular formula is C15H13BrINO. The molecule has 0 saturated heterocycles. The van der Waals surface area contributed by atoms with Crippen LogP contribution in [0.4, 0.5) is 5.69 Å². The molecule has 0 spiro atoms. The fraction of sp³-hybridized carbons (Fsp3) is 0.133. The lowest BCUT2D eigenvalue weighted by Gasteiger charge is -2.07. The normalized spacial score (nSPS) is 10.3. The molecule has 0 aliphatic rings. The minimum Gasteiger partial charge on any atom is -0.326 e. The first-order valence-electron chi connectivity index (χ1n) is 5.85. The maximum absolute atomic E-state index is 11.9. The van der Waals surface area contributed by atoms with Crippen LogP contribution in [0.2, 0.25) is 0 Å². The zero-order chi connectivity index (χ0) is 13.8. The molecule has 0 radical (unpaired) electrons. The van der Waals surface area contributed by atoms with Gasteiger partial charge in [-0.3, -0.25) is 4.79 Å². The van der Waals surface area contributed by atoms with Crippen LogP contribution in [0.15, 0.2) is 46.9 Å². The molecule has 2 nitrogen and oxygen atoms in total. The Kier molecular flexibility index (Phi) is 4.99. The zero-order valence-corrected chi connectivity index (χ0v) is 14.2. The fourth-order valence-corrected chi connectivity index (χ4v) is 2.44. The summed E-state index contributed by atoms with van der Waals surface area (Å²) in [5, 5.41) is 2.92. The average molecular weight is 430 g/mol. The van der Waals surface area contributed by atoms with E-state index >= 15 is 0 Å². The van der Waals surface area contributed by atoms with Crippen molar-refractivity contribution >= 4 is 50.1 Å². The number of aryl methyl sites for hydroxylation is 1. The molecule has 2 rings (SSSR count). The van der Waals surface area contributed by atoms with Crippen LogP contribution in [0.5, 0.6) is 0 Å². The highest BCUT2D eigenvalue weighted by Gasteiger charge is 2.05. The number of amides is 1. The number of anilines is 1. The number of hydrogen-bond acceptors (Lipinski definition) is 1. The van der Waals surface area contributed by atoms with E-state index in [1.807, 2.05) is 42.5 Å². The summed E-state index contributed by atoms with van der Waals surface area (Å²) in [6.07, 6.45) is 0.387. The van der Waals surface area contributed by atoms with Crippen LogP contribution in [0.3, 0.4) is 0 Å². The number of rotatable bonds is 3. The number of nitrogens with one attached hydrogen (secondary N) is 1. The molecule has 0 unspecified atom stereocenters. The lowest BCUT2D eigenvalue weighted by Crippen LogP contribution is -2.14. The van der Waals surface area contributed by atoms with Crippen molar-refractivity contribution < 1.29 is 4.79 Å². The van der Waals surface area contributed by atoms with Gasteiger partial charge in [0.25, 0.3) is 0 Å². The van der Waals surface area contributed by atoms with Crippen molar-refractivity contribution in [1.29, 1.82) is 0 Å². The molecule has 0 atom stereocenters. The van der Waals surface area contributed by atoms with Gasteiger partial charge in [0.2, 0.25) is 5.91 Å². The summed E-state index contributed by atoms with van der Waals surface area (Å²) in [6.45, 7) is 2.05. The van der Waals surface area contributed by atoms with Gasteiger partial charge >= 0.3 is 0 Å². The molecule has 0 aliphatic heterocycles. The molecule has 0 saturated carbocycles. The molecule has 0 heterocycles. The number of carbonyl (C=O) groups excluding carboxylic acids is 1. The van der Waals surface area contributed by atoms with Crippen molar-refractivity contribution in [3.8, 4) is 0 Å². The van der Waals surface area contributed by atoms with Gasteiger partial charge in [-0.2, -0.15) is 0 Å². The third-order valence-electron chi connectivity index (χ3n) is 2.73. The Bertz CT molecular complexity index is 596. The molecular weight excluding hydrogens is 417 g/mol. The molecule has 4 heteroatoms. The topological polar surface area (TPSA) is 29.1 Å². The quantitative estimate of drug-likeness (QED) is 0.713. The molecule has 1 N–H and O–H groups in total. The Balaban J connectivity index is 2.01. The summed E-state index contributed by atoms with van der Waals surface area (Å²) in [7, 11) is 0. The van der Waals surface area contributed by atoms with E-state index in [9.17, 15) is 4.79 Å². The second-order valence-corrected chi connectivity index (χ2v) is 6.39. The van der Waals surface area contributed by atoms with Gasteiger partial charge in [-0.1, -0.05) is 34.1 Å². The van der Waals surface area contributed by atoms with Crippen LogP contribution in [-0.4, -0.2) is 5.91 Å². The van der Waals surface area contributed by atoms with Crippen molar-refractivity contribution in [3.63, 3.8) is 0 Å². The summed E-state index contributed by atoms with van der Waals surface area (Å²) >= 11 is 5.65. The van der Waals surface area contributed by atoms with E-state index in [1.54, 1.807) is 0 Å². The Morgan fingerprint density at radius 1 is 1.21 bits per heavy atom. The third kappa shape index (κ3) is 4.31. The number of carbonyl (C=O) groups is 1. The van der Waals surface area contributed by atoms with Gasteiger partial charge in [0.15, 0.2) is 0 Å². The smallest absolute Gasteiger partial charge is 0.228 e. The number of halogens is 2. The summed E-state index contributed by atoms with van der Waals surface area (Å²) in [5.41, 5.74) is 3.06. The number of benzene rings is 2. The molecule has 0 bridgehead atoms. The SMILES string of the molecule is Cc1ccc(NC(=O)Cc2ccc(Br)cc2)cc1I. The third-order valence-corrected chi connectivity index (χ3v) is 4.42. The van der Waals surface area contributed by atoms with E-state index in [1.165, 1.54) is 5.56 Å². The minimum atomic E-state index is 0.00183. The van der Waals surface area contributed by atoms with E-state index in [2.05, 4.69) is 50.8 Å². The molecule has 1 amide bonds. The highest BCUT2D eigenvalue weighted by atomic mass is 127. The first kappa shape index (κ1) is 14.5. The number of hydrogen-bond donors (Lipinski definition) is 1. The van der Waals surface area contributed by atoms with Gasteiger partial charge in [0.05, 0.1) is 6.42 Å². The van der Waals surface area contributed by atoms with Crippen LogP contribution in [0, 0.1) is 10.5 Å². The van der Waals surface area contributed by atoms with Gasteiger partial charge in [0.1, 0.15) is 0 Å². The van der Waals surface area contributed by atoms with E-state index in [0.717, 1.165) is 19.3 Å². The van der Waals surface area contributed by atoms with Crippen LogP contribution >= 0.6 is 38.5 Å². The van der Waals surface area contributed by atoms with Gasteiger partial charge < -0.3 is 5.32 Å². The molecule has 0 aromatic heterocycles. The molecule has 19 heavy (non-hydrogen) atoms. The van der Waals surface area contributed by atoms with Crippen molar-refractivity contribution in [1.82, 2.24) is 0 Å². The minimum absolute atomic E-state index is 0.00183.